The van der Waals surface area contributed by atoms with Crippen molar-refractivity contribution in [3.8, 4) is 5.75 Å². The second-order valence-electron chi connectivity index (χ2n) is 6.07. The average Bonchev–Trinajstić information content (AvgIpc) is 2.95. The first-order valence-electron chi connectivity index (χ1n) is 6.98. The van der Waals surface area contributed by atoms with Gasteiger partial charge in [0.1, 0.15) is 5.75 Å². The number of hydrogen-bond donors (Lipinski definition) is 3. The number of phenolic OH excluding ortho intramolecular Hbond substituents is 1. The first kappa shape index (κ1) is 15.8. The fourth-order valence-electron chi connectivity index (χ4n) is 1.85. The molecule has 0 saturated carbocycles. The molecule has 1 aromatic carbocycles. The number of phenols is 1. The molecular weight excluding hydrogens is 280 g/mol. The Morgan fingerprint density at radius 1 is 1.32 bits per heavy atom. The second kappa shape index (κ2) is 6.01. The summed E-state index contributed by atoms with van der Waals surface area (Å²) >= 11 is 0. The Morgan fingerprint density at radius 2 is 2.00 bits per heavy atom. The lowest BCUT2D eigenvalue weighted by Gasteiger charge is -2.14. The standard InChI is InChI=1S/C16H20N4O2/c1-10(11-7-5-6-8-13(11)21)17-20-15(22)12-9-14(19-18-12)16(2,3)4/h5-9,21H,1-4H3,(H,18,19)(H,20,22)/b17-10-. The molecular formula is C16H20N4O2. The predicted molar refractivity (Wildman–Crippen MR) is 85.1 cm³/mol. The van der Waals surface area contributed by atoms with Gasteiger partial charge in [-0.05, 0) is 25.1 Å². The van der Waals surface area contributed by atoms with E-state index >= 15 is 0 Å². The molecule has 2 aromatic rings. The highest BCUT2D eigenvalue weighted by Gasteiger charge is 2.19. The lowest BCUT2D eigenvalue weighted by Crippen LogP contribution is -2.19. The fourth-order valence-corrected chi connectivity index (χ4v) is 1.85. The van der Waals surface area contributed by atoms with E-state index in [0.29, 0.717) is 11.3 Å². The molecule has 0 spiro atoms. The van der Waals surface area contributed by atoms with Gasteiger partial charge in [-0.1, -0.05) is 32.9 Å². The van der Waals surface area contributed by atoms with Crippen LogP contribution in [0.25, 0.3) is 0 Å². The molecule has 0 aliphatic rings. The quantitative estimate of drug-likeness (QED) is 0.601. The molecule has 116 valence electrons. The van der Waals surface area contributed by atoms with Crippen LogP contribution < -0.4 is 5.43 Å². The minimum Gasteiger partial charge on any atom is -0.507 e. The highest BCUT2D eigenvalue weighted by atomic mass is 16.3. The van der Waals surface area contributed by atoms with Crippen molar-refractivity contribution in [2.45, 2.75) is 33.1 Å². The number of carbonyl (C=O) groups excluding carboxylic acids is 1. The van der Waals surface area contributed by atoms with Gasteiger partial charge in [-0.25, -0.2) is 5.43 Å². The predicted octanol–water partition coefficient (Wildman–Crippen LogP) is 2.57. The van der Waals surface area contributed by atoms with E-state index in [2.05, 4.69) is 20.7 Å². The summed E-state index contributed by atoms with van der Waals surface area (Å²) in [7, 11) is 0. The van der Waals surface area contributed by atoms with E-state index in [1.165, 1.54) is 0 Å². The average molecular weight is 300 g/mol. The van der Waals surface area contributed by atoms with Crippen LogP contribution in [0.4, 0.5) is 0 Å². The van der Waals surface area contributed by atoms with Crippen LogP contribution in [0.5, 0.6) is 5.75 Å². The molecule has 1 heterocycles. The van der Waals surface area contributed by atoms with E-state index < -0.39 is 5.91 Å². The Morgan fingerprint density at radius 3 is 2.59 bits per heavy atom. The number of nitrogens with one attached hydrogen (secondary N) is 2. The molecule has 0 aliphatic heterocycles. The van der Waals surface area contributed by atoms with E-state index in [1.54, 1.807) is 37.3 Å². The highest BCUT2D eigenvalue weighted by molar-refractivity contribution is 6.02. The minimum atomic E-state index is -0.401. The van der Waals surface area contributed by atoms with Gasteiger partial charge in [0.05, 0.1) is 5.71 Å². The van der Waals surface area contributed by atoms with Gasteiger partial charge in [-0.3, -0.25) is 9.89 Å². The normalized spacial score (nSPS) is 12.3. The van der Waals surface area contributed by atoms with Crippen LogP contribution in [0.15, 0.2) is 35.4 Å². The Kier molecular flexibility index (Phi) is 4.30. The molecule has 1 amide bonds. The molecule has 1 aromatic heterocycles. The zero-order valence-electron chi connectivity index (χ0n) is 13.1. The van der Waals surface area contributed by atoms with Crippen molar-refractivity contribution in [2.75, 3.05) is 0 Å². The van der Waals surface area contributed by atoms with E-state index in [4.69, 9.17) is 0 Å². The molecule has 0 saturated heterocycles. The van der Waals surface area contributed by atoms with Crippen molar-refractivity contribution in [3.05, 3.63) is 47.3 Å². The second-order valence-corrected chi connectivity index (χ2v) is 6.07. The Hall–Kier alpha value is -2.63. The summed E-state index contributed by atoms with van der Waals surface area (Å²) in [5, 5.41) is 20.6. The maximum atomic E-state index is 12.0. The number of benzene rings is 1. The Labute approximate surface area is 129 Å². The van der Waals surface area contributed by atoms with Crippen molar-refractivity contribution in [2.24, 2.45) is 5.10 Å². The Bertz CT molecular complexity index is 711. The monoisotopic (exact) mass is 300 g/mol. The van der Waals surface area contributed by atoms with Gasteiger partial charge in [-0.15, -0.1) is 0 Å². The zero-order valence-corrected chi connectivity index (χ0v) is 13.1. The topological polar surface area (TPSA) is 90.4 Å². The first-order valence-corrected chi connectivity index (χ1v) is 6.98. The van der Waals surface area contributed by atoms with Gasteiger partial charge in [0, 0.05) is 16.7 Å². The molecule has 2 rings (SSSR count). The summed E-state index contributed by atoms with van der Waals surface area (Å²) < 4.78 is 0. The van der Waals surface area contributed by atoms with Crippen LogP contribution in [-0.4, -0.2) is 26.9 Å². The number of aromatic nitrogens is 2. The zero-order chi connectivity index (χ0) is 16.3. The first-order chi connectivity index (χ1) is 10.3. The lowest BCUT2D eigenvalue weighted by atomic mass is 9.92. The van der Waals surface area contributed by atoms with E-state index in [0.717, 1.165) is 5.69 Å². The smallest absolute Gasteiger partial charge is 0.291 e. The maximum Gasteiger partial charge on any atom is 0.291 e. The summed E-state index contributed by atoms with van der Waals surface area (Å²) in [6, 6.07) is 8.52. The summed E-state index contributed by atoms with van der Waals surface area (Å²) in [4.78, 5) is 12.0. The van der Waals surface area contributed by atoms with Gasteiger partial charge in [0.25, 0.3) is 5.91 Å². The van der Waals surface area contributed by atoms with Gasteiger partial charge < -0.3 is 5.11 Å². The van der Waals surface area contributed by atoms with Crippen LogP contribution in [-0.2, 0) is 5.41 Å². The number of hydrogen-bond acceptors (Lipinski definition) is 4. The van der Waals surface area contributed by atoms with Gasteiger partial charge in [0.15, 0.2) is 5.69 Å². The molecule has 0 aliphatic carbocycles. The van der Waals surface area contributed by atoms with Crippen LogP contribution in [0.1, 0.15) is 49.4 Å². The number of para-hydroxylation sites is 1. The summed E-state index contributed by atoms with van der Waals surface area (Å²) in [6.45, 7) is 7.80. The number of aromatic hydroxyl groups is 1. The van der Waals surface area contributed by atoms with E-state index in [-0.39, 0.29) is 16.9 Å². The van der Waals surface area contributed by atoms with Crippen LogP contribution in [0.3, 0.4) is 0 Å². The third kappa shape index (κ3) is 3.52. The minimum absolute atomic E-state index is 0.111. The third-order valence-electron chi connectivity index (χ3n) is 3.24. The molecule has 0 unspecified atom stereocenters. The van der Waals surface area contributed by atoms with Crippen molar-refractivity contribution >= 4 is 11.6 Å². The molecule has 0 radical (unpaired) electrons. The Balaban J connectivity index is 2.11. The highest BCUT2D eigenvalue weighted by Crippen LogP contribution is 2.20. The van der Waals surface area contributed by atoms with Crippen molar-refractivity contribution in [1.29, 1.82) is 0 Å². The van der Waals surface area contributed by atoms with Gasteiger partial charge in [0.2, 0.25) is 0 Å². The summed E-state index contributed by atoms with van der Waals surface area (Å²) in [5.74, 6) is -0.283. The molecule has 6 nitrogen and oxygen atoms in total. The maximum absolute atomic E-state index is 12.0. The lowest BCUT2D eigenvalue weighted by molar-refractivity contribution is 0.0950. The van der Waals surface area contributed by atoms with Crippen LogP contribution >= 0.6 is 0 Å². The van der Waals surface area contributed by atoms with Crippen molar-refractivity contribution in [3.63, 3.8) is 0 Å². The molecule has 3 N–H and O–H groups in total. The molecule has 0 atom stereocenters. The number of nitrogens with zero attached hydrogens (tertiary/aromatic N) is 2. The van der Waals surface area contributed by atoms with Crippen molar-refractivity contribution < 1.29 is 9.90 Å². The number of amides is 1. The SMILES string of the molecule is C/C(=N/NC(=O)c1cc(C(C)(C)C)[nH]n1)c1ccccc1O. The van der Waals surface area contributed by atoms with Gasteiger partial charge in [-0.2, -0.15) is 10.2 Å². The van der Waals surface area contributed by atoms with Crippen molar-refractivity contribution in [1.82, 2.24) is 15.6 Å². The largest absolute Gasteiger partial charge is 0.507 e. The van der Waals surface area contributed by atoms with Crippen LogP contribution in [0, 0.1) is 0 Å². The number of carbonyl (C=O) groups is 1. The molecule has 6 heteroatoms. The summed E-state index contributed by atoms with van der Waals surface area (Å²) in [6.07, 6.45) is 0. The molecule has 0 fully saturated rings. The molecule has 22 heavy (non-hydrogen) atoms. The number of H-pyrrole nitrogens is 1. The number of rotatable bonds is 3. The third-order valence-corrected chi connectivity index (χ3v) is 3.24. The molecule has 0 bridgehead atoms. The number of hydrazone groups is 1. The van der Waals surface area contributed by atoms with Crippen LogP contribution in [0.2, 0.25) is 0 Å². The summed E-state index contributed by atoms with van der Waals surface area (Å²) in [5.41, 5.74) is 4.57. The fraction of sp³-hybridized carbons (Fsp3) is 0.312. The number of aromatic amines is 1. The van der Waals surface area contributed by atoms with E-state index in [1.807, 2.05) is 20.8 Å². The van der Waals surface area contributed by atoms with E-state index in [9.17, 15) is 9.90 Å². The van der Waals surface area contributed by atoms with Gasteiger partial charge >= 0.3 is 0 Å².